The second kappa shape index (κ2) is 6.45. The minimum atomic E-state index is -1.06. The highest BCUT2D eigenvalue weighted by Crippen LogP contribution is 2.28. The molecule has 0 aliphatic heterocycles. The highest BCUT2D eigenvalue weighted by atomic mass is 16.4. The molecule has 2 aromatic heterocycles. The first-order valence-corrected chi connectivity index (χ1v) is 8.09. The molecule has 0 radical (unpaired) electrons. The third kappa shape index (κ3) is 3.33. The van der Waals surface area contributed by atoms with Crippen LogP contribution < -0.4 is 0 Å². The van der Waals surface area contributed by atoms with Gasteiger partial charge < -0.3 is 5.11 Å². The molecule has 0 unspecified atom stereocenters. The molecule has 0 bridgehead atoms. The van der Waals surface area contributed by atoms with Crippen molar-refractivity contribution in [2.45, 2.75) is 26.2 Å². The molecule has 6 nitrogen and oxygen atoms in total. The van der Waals surface area contributed by atoms with Gasteiger partial charge in [0.1, 0.15) is 0 Å². The van der Waals surface area contributed by atoms with Crippen molar-refractivity contribution in [2.75, 3.05) is 0 Å². The van der Waals surface area contributed by atoms with Gasteiger partial charge in [-0.3, -0.25) is 0 Å². The molecule has 6 heteroatoms. The molecule has 0 aliphatic carbocycles. The maximum atomic E-state index is 11.0. The zero-order valence-corrected chi connectivity index (χ0v) is 14.8. The van der Waals surface area contributed by atoms with Gasteiger partial charge >= 0.3 is 5.97 Å². The lowest BCUT2D eigenvalue weighted by molar-refractivity contribution is 0.0697. The Bertz CT molecular complexity index is 1010. The van der Waals surface area contributed by atoms with E-state index in [1.54, 1.807) is 12.3 Å². The van der Waals surface area contributed by atoms with Crippen molar-refractivity contribution in [2.24, 2.45) is 0 Å². The van der Waals surface area contributed by atoms with E-state index in [1.807, 2.05) is 12.1 Å². The van der Waals surface area contributed by atoms with Gasteiger partial charge in [0.15, 0.2) is 5.82 Å². The average molecular weight is 346 g/mol. The Morgan fingerprint density at radius 2 is 1.88 bits per heavy atom. The third-order valence-electron chi connectivity index (χ3n) is 4.14. The quantitative estimate of drug-likeness (QED) is 0.779. The number of benzene rings is 1. The second-order valence-corrected chi connectivity index (χ2v) is 7.01. The van der Waals surface area contributed by atoms with E-state index >= 15 is 0 Å². The van der Waals surface area contributed by atoms with Crippen molar-refractivity contribution < 1.29 is 9.90 Å². The van der Waals surface area contributed by atoms with E-state index < -0.39 is 5.97 Å². The van der Waals surface area contributed by atoms with Crippen molar-refractivity contribution >= 4 is 5.97 Å². The van der Waals surface area contributed by atoms with E-state index in [2.05, 4.69) is 49.1 Å². The van der Waals surface area contributed by atoms with Crippen LogP contribution in [-0.4, -0.2) is 25.8 Å². The molecule has 0 spiro atoms. The standard InChI is InChI=1S/C20H18N4O2/c1-20(2,3)16-6-4-13(5-7-16)17-11-22-18(8-14(17)9-21)24-12-15(10-23-24)19(25)26/h4-8,10-12H,1-3H3,(H,25,26). The predicted molar refractivity (Wildman–Crippen MR) is 97.2 cm³/mol. The summed E-state index contributed by atoms with van der Waals surface area (Å²) in [4.78, 5) is 15.3. The number of hydrogen-bond acceptors (Lipinski definition) is 4. The number of carbonyl (C=O) groups is 1. The lowest BCUT2D eigenvalue weighted by atomic mass is 9.86. The lowest BCUT2D eigenvalue weighted by Crippen LogP contribution is -2.10. The van der Waals surface area contributed by atoms with Crippen LogP contribution >= 0.6 is 0 Å². The molecule has 3 rings (SSSR count). The van der Waals surface area contributed by atoms with Gasteiger partial charge in [0.2, 0.25) is 0 Å². The van der Waals surface area contributed by atoms with Crippen molar-refractivity contribution in [3.05, 3.63) is 65.6 Å². The van der Waals surface area contributed by atoms with Crippen LogP contribution in [0.4, 0.5) is 0 Å². The van der Waals surface area contributed by atoms with Crippen LogP contribution in [0, 0.1) is 11.3 Å². The fourth-order valence-electron chi connectivity index (χ4n) is 2.60. The Kier molecular flexibility index (Phi) is 4.31. The Morgan fingerprint density at radius 3 is 2.42 bits per heavy atom. The van der Waals surface area contributed by atoms with Gasteiger partial charge in [-0.05, 0) is 16.5 Å². The molecule has 0 saturated carbocycles. The first kappa shape index (κ1) is 17.4. The van der Waals surface area contributed by atoms with Gasteiger partial charge in [0.25, 0.3) is 0 Å². The van der Waals surface area contributed by atoms with E-state index in [9.17, 15) is 10.1 Å². The molecule has 0 aliphatic rings. The molecule has 0 saturated heterocycles. The molecule has 26 heavy (non-hydrogen) atoms. The van der Waals surface area contributed by atoms with Gasteiger partial charge in [0.05, 0.1) is 23.4 Å². The third-order valence-corrected chi connectivity index (χ3v) is 4.14. The van der Waals surface area contributed by atoms with Crippen LogP contribution in [0.3, 0.4) is 0 Å². The second-order valence-electron chi connectivity index (χ2n) is 7.01. The van der Waals surface area contributed by atoms with Crippen LogP contribution in [-0.2, 0) is 5.41 Å². The van der Waals surface area contributed by atoms with E-state index in [0.717, 1.165) is 11.1 Å². The Labute approximate surface area is 151 Å². The molecule has 0 fully saturated rings. The zero-order chi connectivity index (χ0) is 18.9. The van der Waals surface area contributed by atoms with E-state index in [1.165, 1.54) is 22.6 Å². The molecule has 0 atom stereocenters. The summed E-state index contributed by atoms with van der Waals surface area (Å²) < 4.78 is 1.34. The summed E-state index contributed by atoms with van der Waals surface area (Å²) in [5.74, 6) is -0.670. The summed E-state index contributed by atoms with van der Waals surface area (Å²) in [6.07, 6.45) is 4.22. The van der Waals surface area contributed by atoms with E-state index in [4.69, 9.17) is 5.11 Å². The lowest BCUT2D eigenvalue weighted by Gasteiger charge is -2.19. The van der Waals surface area contributed by atoms with Gasteiger partial charge in [-0.2, -0.15) is 10.4 Å². The summed E-state index contributed by atoms with van der Waals surface area (Å²) >= 11 is 0. The smallest absolute Gasteiger partial charge is 0.338 e. The molecule has 2 heterocycles. The van der Waals surface area contributed by atoms with Crippen LogP contribution in [0.5, 0.6) is 0 Å². The van der Waals surface area contributed by atoms with Crippen molar-refractivity contribution in [1.29, 1.82) is 5.26 Å². The maximum Gasteiger partial charge on any atom is 0.338 e. The van der Waals surface area contributed by atoms with Crippen molar-refractivity contribution in [1.82, 2.24) is 14.8 Å². The van der Waals surface area contributed by atoms with Crippen molar-refractivity contribution in [3.8, 4) is 23.0 Å². The SMILES string of the molecule is CC(C)(C)c1ccc(-c2cnc(-n3cc(C(=O)O)cn3)cc2C#N)cc1. The van der Waals surface area contributed by atoms with Gasteiger partial charge in [-0.15, -0.1) is 0 Å². The summed E-state index contributed by atoms with van der Waals surface area (Å²) in [7, 11) is 0. The monoisotopic (exact) mass is 346 g/mol. The Hall–Kier alpha value is -3.46. The van der Waals surface area contributed by atoms with Gasteiger partial charge in [-0.1, -0.05) is 45.0 Å². The Balaban J connectivity index is 1.99. The first-order valence-electron chi connectivity index (χ1n) is 8.09. The van der Waals surface area contributed by atoms with Crippen LogP contribution in [0.1, 0.15) is 42.3 Å². The molecule has 1 aromatic carbocycles. The highest BCUT2D eigenvalue weighted by molar-refractivity contribution is 5.87. The number of hydrogen-bond donors (Lipinski definition) is 1. The molecular formula is C20H18N4O2. The number of aromatic nitrogens is 3. The summed E-state index contributed by atoms with van der Waals surface area (Å²) in [5, 5.41) is 22.5. The number of carboxylic acid groups (broad SMARTS) is 1. The highest BCUT2D eigenvalue weighted by Gasteiger charge is 2.15. The maximum absolute atomic E-state index is 11.0. The van der Waals surface area contributed by atoms with Crippen molar-refractivity contribution in [3.63, 3.8) is 0 Å². The van der Waals surface area contributed by atoms with Crippen LogP contribution in [0.25, 0.3) is 16.9 Å². The number of pyridine rings is 1. The van der Waals surface area contributed by atoms with Gasteiger partial charge in [-0.25, -0.2) is 14.5 Å². The van der Waals surface area contributed by atoms with Crippen LogP contribution in [0.2, 0.25) is 0 Å². The molecular weight excluding hydrogens is 328 g/mol. The topological polar surface area (TPSA) is 91.8 Å². The molecule has 3 aromatic rings. The number of aromatic carboxylic acids is 1. The van der Waals surface area contributed by atoms with E-state index in [-0.39, 0.29) is 11.0 Å². The molecule has 130 valence electrons. The first-order chi connectivity index (χ1) is 12.3. The number of nitrogens with zero attached hydrogens (tertiary/aromatic N) is 4. The minimum absolute atomic E-state index is 0.0562. The summed E-state index contributed by atoms with van der Waals surface area (Å²) in [6.45, 7) is 6.44. The largest absolute Gasteiger partial charge is 0.478 e. The molecule has 0 amide bonds. The fraction of sp³-hybridized carbons (Fsp3) is 0.200. The van der Waals surface area contributed by atoms with E-state index in [0.29, 0.717) is 11.4 Å². The zero-order valence-electron chi connectivity index (χ0n) is 14.8. The predicted octanol–water partition coefficient (Wildman–Crippen LogP) is 3.80. The van der Waals surface area contributed by atoms with Crippen LogP contribution in [0.15, 0.2) is 48.9 Å². The Morgan fingerprint density at radius 1 is 1.19 bits per heavy atom. The normalized spacial score (nSPS) is 11.2. The number of carboxylic acids is 1. The summed E-state index contributed by atoms with van der Waals surface area (Å²) in [6, 6.07) is 11.9. The number of rotatable bonds is 3. The average Bonchev–Trinajstić information content (AvgIpc) is 3.11. The number of nitriles is 1. The fourth-order valence-corrected chi connectivity index (χ4v) is 2.60. The minimum Gasteiger partial charge on any atom is -0.478 e. The summed E-state index contributed by atoms with van der Waals surface area (Å²) in [5.41, 5.74) is 3.41. The van der Waals surface area contributed by atoms with Gasteiger partial charge in [0, 0.05) is 24.0 Å². The molecule has 1 N–H and O–H groups in total.